The first-order chi connectivity index (χ1) is 6.50. The van der Waals surface area contributed by atoms with Gasteiger partial charge in [0.25, 0.3) is 0 Å². The van der Waals surface area contributed by atoms with Gasteiger partial charge in [-0.05, 0) is 24.1 Å². The third-order valence-electron chi connectivity index (χ3n) is 1.68. The molecule has 14 heavy (non-hydrogen) atoms. The predicted octanol–water partition coefficient (Wildman–Crippen LogP) is 3.38. The first kappa shape index (κ1) is 11.8. The molecule has 0 heterocycles. The number of carboxylic acids is 1. The Bertz CT molecular complexity index is 355. The minimum atomic E-state index is -0.906. The van der Waals surface area contributed by atoms with Crippen molar-refractivity contribution in [2.75, 3.05) is 0 Å². The molecule has 5 heteroatoms. The van der Waals surface area contributed by atoms with Crippen LogP contribution in [0, 0.1) is 0 Å². The summed E-state index contributed by atoms with van der Waals surface area (Å²) in [6.07, 6.45) is 0.339. The van der Waals surface area contributed by atoms with E-state index in [0.29, 0.717) is 16.5 Å². The van der Waals surface area contributed by atoms with Gasteiger partial charge in [-0.2, -0.15) is 0 Å². The van der Waals surface area contributed by atoms with E-state index in [1.807, 2.05) is 0 Å². The van der Waals surface area contributed by atoms with E-state index in [-0.39, 0.29) is 0 Å². The van der Waals surface area contributed by atoms with E-state index in [4.69, 9.17) is 28.3 Å². The van der Waals surface area contributed by atoms with Crippen molar-refractivity contribution in [1.29, 1.82) is 0 Å². The van der Waals surface area contributed by atoms with Gasteiger partial charge in [-0.15, -0.1) is 0 Å². The first-order valence-corrected chi connectivity index (χ1v) is 5.48. The molecule has 0 aromatic heterocycles. The molecule has 0 amide bonds. The van der Waals surface area contributed by atoms with Crippen molar-refractivity contribution >= 4 is 45.1 Å². The smallest absolute Gasteiger partial charge is 0.317 e. The van der Waals surface area contributed by atoms with Gasteiger partial charge in [0.2, 0.25) is 0 Å². The molecule has 2 nitrogen and oxygen atoms in total. The van der Waals surface area contributed by atoms with Crippen molar-refractivity contribution in [3.63, 3.8) is 0 Å². The molecule has 0 aliphatic heterocycles. The van der Waals surface area contributed by atoms with Crippen LogP contribution in [0.15, 0.2) is 18.2 Å². The van der Waals surface area contributed by atoms with Crippen molar-refractivity contribution < 1.29 is 9.90 Å². The van der Waals surface area contributed by atoms with Crippen molar-refractivity contribution in [2.24, 2.45) is 0 Å². The number of carbonyl (C=O) groups is 1. The molecule has 1 aromatic carbocycles. The molecule has 0 radical (unpaired) electrons. The third-order valence-corrected chi connectivity index (χ3v) is 2.98. The summed E-state index contributed by atoms with van der Waals surface area (Å²) >= 11 is 14.6. The van der Waals surface area contributed by atoms with Crippen molar-refractivity contribution in [3.8, 4) is 0 Å². The van der Waals surface area contributed by atoms with E-state index in [9.17, 15) is 4.79 Å². The second kappa shape index (κ2) is 5.01. The number of hydrogen-bond donors (Lipinski definition) is 1. The molecule has 1 aromatic rings. The Morgan fingerprint density at radius 1 is 1.50 bits per heavy atom. The highest BCUT2D eigenvalue weighted by molar-refractivity contribution is 9.10. The van der Waals surface area contributed by atoms with Crippen molar-refractivity contribution in [3.05, 3.63) is 33.8 Å². The zero-order valence-corrected chi connectivity index (χ0v) is 10.1. The molecule has 0 spiro atoms. The molecule has 1 N–H and O–H groups in total. The largest absolute Gasteiger partial charge is 0.480 e. The lowest BCUT2D eigenvalue weighted by atomic mass is 10.1. The fraction of sp³-hybridized carbons (Fsp3) is 0.222. The number of aliphatic carboxylic acids is 1. The Labute approximate surface area is 100.0 Å². The molecule has 0 saturated carbocycles. The van der Waals surface area contributed by atoms with Crippen molar-refractivity contribution in [1.82, 2.24) is 0 Å². The lowest BCUT2D eigenvalue weighted by Gasteiger charge is -2.06. The number of hydrogen-bond acceptors (Lipinski definition) is 1. The van der Waals surface area contributed by atoms with Gasteiger partial charge in [0.1, 0.15) is 4.83 Å². The first-order valence-electron chi connectivity index (χ1n) is 3.81. The van der Waals surface area contributed by atoms with E-state index in [1.54, 1.807) is 18.2 Å². The van der Waals surface area contributed by atoms with Crippen LogP contribution in [0.2, 0.25) is 10.0 Å². The van der Waals surface area contributed by atoms with Gasteiger partial charge in [0.05, 0.1) is 0 Å². The van der Waals surface area contributed by atoms with Crippen molar-refractivity contribution in [2.45, 2.75) is 11.2 Å². The van der Waals surface area contributed by atoms with Crippen LogP contribution in [0.5, 0.6) is 0 Å². The van der Waals surface area contributed by atoms with E-state index >= 15 is 0 Å². The SMILES string of the molecule is O=C(O)C(Br)Cc1ccc(Cl)cc1Cl. The van der Waals surface area contributed by atoms with E-state index in [0.717, 1.165) is 5.56 Å². The number of rotatable bonds is 3. The van der Waals surface area contributed by atoms with Gasteiger partial charge >= 0.3 is 5.97 Å². The third kappa shape index (κ3) is 3.15. The van der Waals surface area contributed by atoms with Crippen LogP contribution in [0.4, 0.5) is 0 Å². The van der Waals surface area contributed by atoms with Crippen LogP contribution in [-0.4, -0.2) is 15.9 Å². The highest BCUT2D eigenvalue weighted by Gasteiger charge is 2.15. The molecule has 0 bridgehead atoms. The molecular formula is C9H7BrCl2O2. The maximum Gasteiger partial charge on any atom is 0.317 e. The fourth-order valence-electron chi connectivity index (χ4n) is 0.968. The maximum atomic E-state index is 10.6. The molecule has 0 saturated heterocycles. The quantitative estimate of drug-likeness (QED) is 0.869. The second-order valence-electron chi connectivity index (χ2n) is 2.75. The van der Waals surface area contributed by atoms with Gasteiger partial charge in [-0.25, -0.2) is 0 Å². The Hall–Kier alpha value is -0.250. The van der Waals surface area contributed by atoms with Crippen LogP contribution in [0.25, 0.3) is 0 Å². The molecule has 1 unspecified atom stereocenters. The minimum Gasteiger partial charge on any atom is -0.480 e. The fourth-order valence-corrected chi connectivity index (χ4v) is 1.80. The van der Waals surface area contributed by atoms with Gasteiger partial charge in [-0.3, -0.25) is 4.79 Å². The number of alkyl halides is 1. The lowest BCUT2D eigenvalue weighted by Crippen LogP contribution is -2.15. The van der Waals surface area contributed by atoms with Gasteiger partial charge < -0.3 is 5.11 Å². The maximum absolute atomic E-state index is 10.6. The summed E-state index contributed by atoms with van der Waals surface area (Å²) in [4.78, 5) is 9.94. The summed E-state index contributed by atoms with van der Waals surface area (Å²) in [6, 6.07) is 5.01. The monoisotopic (exact) mass is 296 g/mol. The van der Waals surface area contributed by atoms with Gasteiger partial charge in [0.15, 0.2) is 0 Å². The molecule has 0 aliphatic carbocycles. The topological polar surface area (TPSA) is 37.3 Å². The minimum absolute atomic E-state index is 0.339. The van der Waals surface area contributed by atoms with Crippen LogP contribution >= 0.6 is 39.1 Å². The molecule has 1 atom stereocenters. The van der Waals surface area contributed by atoms with E-state index in [2.05, 4.69) is 15.9 Å². The normalized spacial score (nSPS) is 12.5. The van der Waals surface area contributed by atoms with E-state index in [1.165, 1.54) is 0 Å². The molecular weight excluding hydrogens is 291 g/mol. The van der Waals surface area contributed by atoms with Crippen LogP contribution in [0.3, 0.4) is 0 Å². The molecule has 0 fully saturated rings. The zero-order chi connectivity index (χ0) is 10.7. The number of benzene rings is 1. The van der Waals surface area contributed by atoms with E-state index < -0.39 is 10.8 Å². The van der Waals surface area contributed by atoms with Gasteiger partial charge in [-0.1, -0.05) is 45.2 Å². The van der Waals surface area contributed by atoms with Gasteiger partial charge in [0, 0.05) is 10.0 Å². The summed E-state index contributed by atoms with van der Waals surface area (Å²) in [5, 5.41) is 9.70. The summed E-state index contributed by atoms with van der Waals surface area (Å²) in [5.41, 5.74) is 0.764. The average molecular weight is 298 g/mol. The second-order valence-corrected chi connectivity index (χ2v) is 4.69. The predicted molar refractivity (Wildman–Crippen MR) is 60.5 cm³/mol. The average Bonchev–Trinajstić information content (AvgIpc) is 2.09. The Kier molecular flexibility index (Phi) is 4.23. The summed E-state index contributed by atoms with van der Waals surface area (Å²) in [5.74, 6) is -0.906. The molecule has 0 aliphatic rings. The highest BCUT2D eigenvalue weighted by Crippen LogP contribution is 2.23. The Morgan fingerprint density at radius 3 is 2.64 bits per heavy atom. The molecule has 76 valence electrons. The highest BCUT2D eigenvalue weighted by atomic mass is 79.9. The standard InChI is InChI=1S/C9H7BrCl2O2/c10-7(9(13)14)3-5-1-2-6(11)4-8(5)12/h1-2,4,7H,3H2,(H,13,14). The summed E-state index contributed by atoms with van der Waals surface area (Å²) in [7, 11) is 0. The number of halogens is 3. The van der Waals surface area contributed by atoms with Crippen LogP contribution < -0.4 is 0 Å². The molecule has 1 rings (SSSR count). The summed E-state index contributed by atoms with van der Waals surface area (Å²) in [6.45, 7) is 0. The lowest BCUT2D eigenvalue weighted by molar-refractivity contribution is -0.136. The summed E-state index contributed by atoms with van der Waals surface area (Å²) < 4.78 is 0. The Morgan fingerprint density at radius 2 is 2.14 bits per heavy atom. The zero-order valence-electron chi connectivity index (χ0n) is 7.01. The Balaban J connectivity index is 2.82. The van der Waals surface area contributed by atoms with Crippen LogP contribution in [0.1, 0.15) is 5.56 Å². The van der Waals surface area contributed by atoms with Crippen LogP contribution in [-0.2, 0) is 11.2 Å². The number of carboxylic acid groups (broad SMARTS) is 1.